The van der Waals surface area contributed by atoms with Crippen molar-refractivity contribution in [3.05, 3.63) is 85.1 Å². The number of allylic oxidation sites excluding steroid dienone is 14. The van der Waals surface area contributed by atoms with Gasteiger partial charge < -0.3 is 19.8 Å². The molecule has 3 atom stereocenters. The van der Waals surface area contributed by atoms with Gasteiger partial charge in [-0.3, -0.25) is 13.8 Å². The van der Waals surface area contributed by atoms with Gasteiger partial charge in [0.1, 0.15) is 13.2 Å². The number of quaternary nitrogens is 1. The highest BCUT2D eigenvalue weighted by Gasteiger charge is 2.28. The van der Waals surface area contributed by atoms with Gasteiger partial charge in [-0.15, -0.1) is 0 Å². The predicted molar refractivity (Wildman–Crippen MR) is 299 cm³/mol. The van der Waals surface area contributed by atoms with Crippen LogP contribution in [0, 0.1) is 0 Å². The van der Waals surface area contributed by atoms with Crippen LogP contribution in [-0.4, -0.2) is 73.4 Å². The molecule has 0 aliphatic heterocycles. The molecule has 1 amide bonds. The smallest absolute Gasteiger partial charge is 0.391 e. The van der Waals surface area contributed by atoms with Crippen LogP contribution in [0.3, 0.4) is 0 Å². The fraction of sp³-hybridized carbons (Fsp3) is 0.750. The van der Waals surface area contributed by atoms with Gasteiger partial charge in [-0.1, -0.05) is 247 Å². The topological polar surface area (TPSA) is 105 Å². The molecule has 400 valence electrons. The van der Waals surface area contributed by atoms with Crippen molar-refractivity contribution < 1.29 is 32.9 Å². The highest BCUT2D eigenvalue weighted by atomic mass is 31.2. The van der Waals surface area contributed by atoms with Crippen molar-refractivity contribution in [2.75, 3.05) is 40.9 Å². The summed E-state index contributed by atoms with van der Waals surface area (Å²) in [5, 5.41) is 14.0. The Bertz CT molecular complexity index is 1400. The van der Waals surface area contributed by atoms with Crippen molar-refractivity contribution in [1.29, 1.82) is 0 Å². The monoisotopic (exact) mass is 986 g/mol. The first-order valence-electron chi connectivity index (χ1n) is 28.5. The van der Waals surface area contributed by atoms with Gasteiger partial charge in [0.25, 0.3) is 0 Å². The van der Waals surface area contributed by atoms with Gasteiger partial charge in [0.15, 0.2) is 0 Å². The summed E-state index contributed by atoms with van der Waals surface area (Å²) in [6.45, 7) is 4.76. The Labute approximate surface area is 426 Å². The Morgan fingerprint density at radius 2 is 0.870 bits per heavy atom. The summed E-state index contributed by atoms with van der Waals surface area (Å²) >= 11 is 0. The first-order valence-corrected chi connectivity index (χ1v) is 29.9. The van der Waals surface area contributed by atoms with Crippen molar-refractivity contribution in [3.8, 4) is 0 Å². The van der Waals surface area contributed by atoms with E-state index in [1.54, 1.807) is 0 Å². The van der Waals surface area contributed by atoms with E-state index in [2.05, 4.69) is 104 Å². The molecule has 0 heterocycles. The van der Waals surface area contributed by atoms with Crippen LogP contribution in [0.15, 0.2) is 85.1 Å². The number of phosphoric acid groups is 1. The number of aliphatic hydroxyl groups is 1. The van der Waals surface area contributed by atoms with Gasteiger partial charge in [-0.05, 0) is 70.6 Å². The molecule has 0 aliphatic carbocycles. The lowest BCUT2D eigenvalue weighted by Crippen LogP contribution is -2.46. The molecule has 3 unspecified atom stereocenters. The van der Waals surface area contributed by atoms with Crippen LogP contribution in [0.5, 0.6) is 0 Å². The summed E-state index contributed by atoms with van der Waals surface area (Å²) < 4.78 is 23.8. The summed E-state index contributed by atoms with van der Waals surface area (Å²) in [5.41, 5.74) is 0. The molecule has 0 aromatic carbocycles. The van der Waals surface area contributed by atoms with Crippen LogP contribution in [-0.2, 0) is 18.4 Å². The molecule has 0 rings (SSSR count). The summed E-state index contributed by atoms with van der Waals surface area (Å²) in [7, 11) is 1.58. The zero-order valence-electron chi connectivity index (χ0n) is 45.5. The minimum absolute atomic E-state index is 0.0635. The molecule has 0 spiro atoms. The van der Waals surface area contributed by atoms with E-state index in [1.165, 1.54) is 122 Å². The lowest BCUT2D eigenvalue weighted by Gasteiger charge is -2.26. The minimum atomic E-state index is -4.34. The highest BCUT2D eigenvalue weighted by molar-refractivity contribution is 7.47. The van der Waals surface area contributed by atoms with Crippen molar-refractivity contribution in [2.45, 2.75) is 251 Å². The molecule has 0 bridgehead atoms. The third-order valence-corrected chi connectivity index (χ3v) is 13.4. The normalized spacial score (nSPS) is 14.6. The average Bonchev–Trinajstić information content (AvgIpc) is 3.31. The van der Waals surface area contributed by atoms with E-state index < -0.39 is 20.0 Å². The first kappa shape index (κ1) is 66.7. The summed E-state index contributed by atoms with van der Waals surface area (Å²) in [6.07, 6.45) is 70.6. The lowest BCUT2D eigenvalue weighted by molar-refractivity contribution is -0.870. The number of nitrogens with one attached hydrogen (secondary N) is 1. The van der Waals surface area contributed by atoms with Crippen LogP contribution in [0.1, 0.15) is 239 Å². The fourth-order valence-electron chi connectivity index (χ4n) is 7.97. The second-order valence-corrected chi connectivity index (χ2v) is 21.7. The Hall–Kier alpha value is -2.32. The Kier molecular flexibility index (Phi) is 48.9. The number of hydrogen-bond acceptors (Lipinski definition) is 5. The number of carbonyl (C=O) groups is 1. The van der Waals surface area contributed by atoms with E-state index in [0.717, 1.165) is 89.9 Å². The molecule has 9 heteroatoms. The number of hydrogen-bond donors (Lipinski definition) is 3. The third-order valence-electron chi connectivity index (χ3n) is 12.4. The molecule has 8 nitrogen and oxygen atoms in total. The number of aliphatic hydroxyl groups excluding tert-OH is 1. The zero-order chi connectivity index (χ0) is 50.6. The number of amides is 1. The molecule has 3 N–H and O–H groups in total. The van der Waals surface area contributed by atoms with Crippen LogP contribution in [0.25, 0.3) is 0 Å². The van der Waals surface area contributed by atoms with Crippen LogP contribution >= 0.6 is 7.82 Å². The fourth-order valence-corrected chi connectivity index (χ4v) is 8.70. The van der Waals surface area contributed by atoms with E-state index >= 15 is 0 Å². The molecule has 0 saturated heterocycles. The van der Waals surface area contributed by atoms with Gasteiger partial charge in [0.2, 0.25) is 5.91 Å². The van der Waals surface area contributed by atoms with Crippen LogP contribution in [0.4, 0.5) is 0 Å². The Morgan fingerprint density at radius 3 is 1.26 bits per heavy atom. The first-order chi connectivity index (χ1) is 33.5. The zero-order valence-corrected chi connectivity index (χ0v) is 46.4. The standard InChI is InChI=1S/C60H109N2O6P/c1-6-8-10-12-14-16-18-20-22-24-26-28-30-31-32-34-36-38-40-42-44-46-48-50-52-54-60(64)61-58(57-68-69(65,66)67-56-55-62(3,4)5)59(63)53-51-49-47-45-43-41-39-37-35-33-29-27-25-23-21-19-17-15-13-11-9-7-2/h8,10,14,16,20,22,26,28,31-32,36,38,42,44,58-59,63H,6-7,9,11-13,15,17-19,21,23-25,27,29-30,33-35,37,39-41,43,45-57H2,1-5H3,(H-,61,64,65,66)/p+1/b10-8-,16-14-,22-20-,28-26-,32-31-,38-36-,44-42-. The van der Waals surface area contributed by atoms with Gasteiger partial charge in [0.05, 0.1) is 39.9 Å². The summed E-state index contributed by atoms with van der Waals surface area (Å²) in [4.78, 5) is 23.3. The maximum atomic E-state index is 13.0. The van der Waals surface area contributed by atoms with Gasteiger partial charge in [-0.25, -0.2) is 4.57 Å². The van der Waals surface area contributed by atoms with E-state index in [1.807, 2.05) is 21.1 Å². The number of phosphoric ester groups is 1. The molecule has 0 radical (unpaired) electrons. The SMILES string of the molecule is CC/C=C\C/C=C\C/C=C\C/C=C\C/C=C\C/C=C\C/C=C\CCCCCC(=O)NC(COP(=O)(O)OCC[N+](C)(C)C)C(O)CCCCCCCCCCCCCCCCCCCCCCCC. The third kappa shape index (κ3) is 53.3. The average molecular weight is 987 g/mol. The summed E-state index contributed by atoms with van der Waals surface area (Å²) in [5.74, 6) is -0.177. The largest absolute Gasteiger partial charge is 0.472 e. The Balaban J connectivity index is 4.30. The molecular weight excluding hydrogens is 876 g/mol. The maximum Gasteiger partial charge on any atom is 0.472 e. The molecule has 0 aromatic rings. The second-order valence-electron chi connectivity index (χ2n) is 20.3. The van der Waals surface area contributed by atoms with E-state index in [-0.39, 0.29) is 19.1 Å². The highest BCUT2D eigenvalue weighted by Crippen LogP contribution is 2.43. The second kappa shape index (κ2) is 50.6. The quantitative estimate of drug-likeness (QED) is 0.0243. The number of carbonyl (C=O) groups excluding carboxylic acids is 1. The van der Waals surface area contributed by atoms with Crippen molar-refractivity contribution >= 4 is 13.7 Å². The number of likely N-dealkylation sites (N-methyl/N-ethyl adjacent to an activating group) is 1. The number of nitrogens with zero attached hydrogens (tertiary/aromatic N) is 1. The molecule has 69 heavy (non-hydrogen) atoms. The van der Waals surface area contributed by atoms with Crippen molar-refractivity contribution in [1.82, 2.24) is 5.32 Å². The molecule has 0 saturated carbocycles. The maximum absolute atomic E-state index is 13.0. The Morgan fingerprint density at radius 1 is 0.507 bits per heavy atom. The van der Waals surface area contributed by atoms with Crippen LogP contribution < -0.4 is 5.32 Å². The van der Waals surface area contributed by atoms with Gasteiger partial charge >= 0.3 is 7.82 Å². The van der Waals surface area contributed by atoms with Gasteiger partial charge in [0, 0.05) is 6.42 Å². The molecular formula is C60H110N2O6P+. The minimum Gasteiger partial charge on any atom is -0.391 e. The number of unbranched alkanes of at least 4 members (excludes halogenated alkanes) is 24. The van der Waals surface area contributed by atoms with E-state index in [9.17, 15) is 19.4 Å². The summed E-state index contributed by atoms with van der Waals surface area (Å²) in [6, 6.07) is -0.785. The number of rotatable bonds is 51. The van der Waals surface area contributed by atoms with Crippen LogP contribution in [0.2, 0.25) is 0 Å². The van der Waals surface area contributed by atoms with Crippen molar-refractivity contribution in [3.63, 3.8) is 0 Å². The predicted octanol–water partition coefficient (Wildman–Crippen LogP) is 17.3. The van der Waals surface area contributed by atoms with E-state index in [0.29, 0.717) is 23.9 Å². The van der Waals surface area contributed by atoms with E-state index in [4.69, 9.17) is 9.05 Å². The van der Waals surface area contributed by atoms with Crippen molar-refractivity contribution in [2.24, 2.45) is 0 Å². The lowest BCUT2D eigenvalue weighted by atomic mass is 10.0. The molecule has 0 aromatic heterocycles. The molecule has 0 aliphatic rings. The van der Waals surface area contributed by atoms with Gasteiger partial charge in [-0.2, -0.15) is 0 Å². The molecule has 0 fully saturated rings.